The van der Waals surface area contributed by atoms with E-state index in [1.165, 1.54) is 23.1 Å². The summed E-state index contributed by atoms with van der Waals surface area (Å²) in [6.45, 7) is 4.65. The summed E-state index contributed by atoms with van der Waals surface area (Å²) in [5.41, 5.74) is 1.10. The average Bonchev–Trinajstić information content (AvgIpc) is 3.48. The van der Waals surface area contributed by atoms with Gasteiger partial charge in [0.15, 0.2) is 10.9 Å². The van der Waals surface area contributed by atoms with Gasteiger partial charge in [0.25, 0.3) is 0 Å². The third-order valence-corrected chi connectivity index (χ3v) is 6.26. The molecule has 0 unspecified atom stereocenters. The quantitative estimate of drug-likeness (QED) is 0.408. The van der Waals surface area contributed by atoms with E-state index in [1.54, 1.807) is 6.26 Å². The summed E-state index contributed by atoms with van der Waals surface area (Å²) in [6.07, 6.45) is 1.60. The van der Waals surface area contributed by atoms with Gasteiger partial charge < -0.3 is 4.42 Å². The fraction of sp³-hybridized carbons (Fsp3) is 0.250. The van der Waals surface area contributed by atoms with E-state index in [0.29, 0.717) is 28.4 Å². The lowest BCUT2D eigenvalue weighted by Gasteiger charge is -2.09. The van der Waals surface area contributed by atoms with Crippen LogP contribution >= 0.6 is 23.1 Å². The molecule has 4 aromatic rings. The zero-order valence-electron chi connectivity index (χ0n) is 16.5. The minimum atomic E-state index is -0.166. The summed E-state index contributed by atoms with van der Waals surface area (Å²) in [4.78, 5) is 12.4. The molecule has 4 rings (SSSR count). The average molecular weight is 441 g/mol. The fourth-order valence-corrected chi connectivity index (χ4v) is 4.20. The van der Waals surface area contributed by atoms with Gasteiger partial charge in [0.05, 0.1) is 18.6 Å². The summed E-state index contributed by atoms with van der Waals surface area (Å²) in [5, 5.41) is 21.5. The smallest absolute Gasteiger partial charge is 0.236 e. The van der Waals surface area contributed by atoms with Gasteiger partial charge >= 0.3 is 0 Å². The van der Waals surface area contributed by atoms with Crippen LogP contribution in [0.5, 0.6) is 0 Å². The van der Waals surface area contributed by atoms with Gasteiger partial charge in [-0.15, -0.1) is 20.4 Å². The van der Waals surface area contributed by atoms with Crippen molar-refractivity contribution in [2.75, 3.05) is 11.1 Å². The van der Waals surface area contributed by atoms with Crippen molar-refractivity contribution in [2.45, 2.75) is 31.5 Å². The lowest BCUT2D eigenvalue weighted by molar-refractivity contribution is -0.113. The molecule has 1 amide bonds. The largest absolute Gasteiger partial charge is 0.461 e. The molecule has 1 N–H and O–H groups in total. The van der Waals surface area contributed by atoms with Crippen molar-refractivity contribution in [1.29, 1.82) is 0 Å². The van der Waals surface area contributed by atoms with E-state index >= 15 is 0 Å². The number of amides is 1. The Bertz CT molecular complexity index is 1110. The molecule has 0 aliphatic carbocycles. The molecule has 0 saturated heterocycles. The first-order chi connectivity index (χ1) is 14.6. The Kier molecular flexibility index (Phi) is 6.24. The molecule has 0 aliphatic rings. The van der Waals surface area contributed by atoms with Crippen LogP contribution in [0.3, 0.4) is 0 Å². The molecular formula is C20H20N6O2S2. The SMILES string of the molecule is CC(C)c1nnc(NC(=O)CSc2nnc(-c3ccco3)n2Cc2ccccc2)s1. The molecule has 0 spiro atoms. The lowest BCUT2D eigenvalue weighted by atomic mass is 10.2. The number of carbonyl (C=O) groups excluding carboxylic acids is 1. The number of hydrogen-bond acceptors (Lipinski definition) is 8. The number of carbonyl (C=O) groups is 1. The van der Waals surface area contributed by atoms with Crippen molar-refractivity contribution in [1.82, 2.24) is 25.0 Å². The van der Waals surface area contributed by atoms with Crippen LogP contribution in [0.4, 0.5) is 5.13 Å². The van der Waals surface area contributed by atoms with Crippen molar-refractivity contribution in [3.05, 3.63) is 59.3 Å². The highest BCUT2D eigenvalue weighted by atomic mass is 32.2. The monoisotopic (exact) mass is 440 g/mol. The Hall–Kier alpha value is -2.98. The number of hydrogen-bond donors (Lipinski definition) is 1. The molecule has 0 atom stereocenters. The van der Waals surface area contributed by atoms with Crippen LogP contribution in [0.1, 0.15) is 30.3 Å². The van der Waals surface area contributed by atoms with Crippen molar-refractivity contribution in [3.8, 4) is 11.6 Å². The zero-order chi connectivity index (χ0) is 20.9. The molecular weight excluding hydrogens is 420 g/mol. The first kappa shape index (κ1) is 20.3. The summed E-state index contributed by atoms with van der Waals surface area (Å²) >= 11 is 2.71. The summed E-state index contributed by atoms with van der Waals surface area (Å²) < 4.78 is 7.46. The number of thioether (sulfide) groups is 1. The van der Waals surface area contributed by atoms with Crippen LogP contribution in [0.15, 0.2) is 58.3 Å². The van der Waals surface area contributed by atoms with Crippen molar-refractivity contribution in [3.63, 3.8) is 0 Å². The number of nitrogens with zero attached hydrogens (tertiary/aromatic N) is 5. The fourth-order valence-electron chi connectivity index (χ4n) is 2.70. The number of furan rings is 1. The van der Waals surface area contributed by atoms with E-state index in [-0.39, 0.29) is 17.6 Å². The van der Waals surface area contributed by atoms with E-state index in [9.17, 15) is 4.79 Å². The molecule has 3 heterocycles. The highest BCUT2D eigenvalue weighted by Crippen LogP contribution is 2.26. The number of nitrogens with one attached hydrogen (secondary N) is 1. The molecule has 154 valence electrons. The van der Waals surface area contributed by atoms with Gasteiger partial charge in [-0.1, -0.05) is 67.3 Å². The Morgan fingerprint density at radius 1 is 1.13 bits per heavy atom. The standard InChI is InChI=1S/C20H20N6O2S2/c1-13(2)18-23-24-19(30-18)21-16(27)12-29-20-25-22-17(15-9-6-10-28-15)26(20)11-14-7-4-3-5-8-14/h3-10,13H,11-12H2,1-2H3,(H,21,24,27). The molecule has 0 fully saturated rings. The molecule has 0 aliphatic heterocycles. The second-order valence-electron chi connectivity index (χ2n) is 6.79. The van der Waals surface area contributed by atoms with Crippen LogP contribution in [-0.2, 0) is 11.3 Å². The highest BCUT2D eigenvalue weighted by Gasteiger charge is 2.18. The second kappa shape index (κ2) is 9.23. The molecule has 0 radical (unpaired) electrons. The minimum absolute atomic E-state index is 0.166. The molecule has 1 aromatic carbocycles. The van der Waals surface area contributed by atoms with Crippen LogP contribution in [0.25, 0.3) is 11.6 Å². The maximum Gasteiger partial charge on any atom is 0.236 e. The minimum Gasteiger partial charge on any atom is -0.461 e. The first-order valence-corrected chi connectivity index (χ1v) is 11.2. The third-order valence-electron chi connectivity index (χ3n) is 4.16. The maximum absolute atomic E-state index is 12.4. The van der Waals surface area contributed by atoms with E-state index in [2.05, 4.69) is 25.7 Å². The van der Waals surface area contributed by atoms with E-state index in [1.807, 2.05) is 60.9 Å². The van der Waals surface area contributed by atoms with Gasteiger partial charge in [-0.25, -0.2) is 0 Å². The van der Waals surface area contributed by atoms with Gasteiger partial charge in [-0.2, -0.15) is 0 Å². The molecule has 30 heavy (non-hydrogen) atoms. The topological polar surface area (TPSA) is 98.7 Å². The summed E-state index contributed by atoms with van der Waals surface area (Å²) in [5.74, 6) is 1.54. The Labute approximate surface area is 181 Å². The molecule has 10 heteroatoms. The van der Waals surface area contributed by atoms with Gasteiger partial charge in [-0.3, -0.25) is 14.7 Å². The number of rotatable bonds is 8. The maximum atomic E-state index is 12.4. The van der Waals surface area contributed by atoms with E-state index in [4.69, 9.17) is 4.42 Å². The first-order valence-electron chi connectivity index (χ1n) is 9.37. The van der Waals surface area contributed by atoms with Crippen molar-refractivity contribution in [2.24, 2.45) is 0 Å². The molecule has 0 saturated carbocycles. The summed E-state index contributed by atoms with van der Waals surface area (Å²) in [7, 11) is 0. The van der Waals surface area contributed by atoms with Crippen LogP contribution in [0.2, 0.25) is 0 Å². The van der Waals surface area contributed by atoms with E-state index < -0.39 is 0 Å². The zero-order valence-corrected chi connectivity index (χ0v) is 18.1. The van der Waals surface area contributed by atoms with Gasteiger partial charge in [0, 0.05) is 5.92 Å². The van der Waals surface area contributed by atoms with Crippen molar-refractivity contribution >= 4 is 34.1 Å². The van der Waals surface area contributed by atoms with Crippen molar-refractivity contribution < 1.29 is 9.21 Å². The third kappa shape index (κ3) is 4.77. The van der Waals surface area contributed by atoms with Crippen LogP contribution in [0, 0.1) is 0 Å². The molecule has 0 bridgehead atoms. The van der Waals surface area contributed by atoms with Gasteiger partial charge in [-0.05, 0) is 17.7 Å². The van der Waals surface area contributed by atoms with Crippen LogP contribution < -0.4 is 5.32 Å². The summed E-state index contributed by atoms with van der Waals surface area (Å²) in [6, 6.07) is 13.7. The van der Waals surface area contributed by atoms with Crippen LogP contribution in [-0.4, -0.2) is 36.6 Å². The Morgan fingerprint density at radius 2 is 1.97 bits per heavy atom. The normalized spacial score (nSPS) is 11.2. The number of benzene rings is 1. The Balaban J connectivity index is 1.48. The lowest BCUT2D eigenvalue weighted by Crippen LogP contribution is -2.14. The Morgan fingerprint density at radius 3 is 2.67 bits per heavy atom. The predicted octanol–water partition coefficient (Wildman–Crippen LogP) is 4.29. The number of anilines is 1. The number of aromatic nitrogens is 5. The molecule has 8 nitrogen and oxygen atoms in total. The van der Waals surface area contributed by atoms with E-state index in [0.717, 1.165) is 10.6 Å². The van der Waals surface area contributed by atoms with Gasteiger partial charge in [0.1, 0.15) is 5.01 Å². The second-order valence-corrected chi connectivity index (χ2v) is 8.74. The molecule has 3 aromatic heterocycles. The highest BCUT2D eigenvalue weighted by molar-refractivity contribution is 7.99. The predicted molar refractivity (Wildman–Crippen MR) is 117 cm³/mol. The van der Waals surface area contributed by atoms with Gasteiger partial charge in [0.2, 0.25) is 16.9 Å².